The third-order valence-electron chi connectivity index (χ3n) is 3.19. The summed E-state index contributed by atoms with van der Waals surface area (Å²) in [6.45, 7) is 5.49. The van der Waals surface area contributed by atoms with Gasteiger partial charge in [-0.05, 0) is 44.5 Å². The van der Waals surface area contributed by atoms with Crippen LogP contribution < -0.4 is 10.1 Å². The van der Waals surface area contributed by atoms with E-state index in [1.54, 1.807) is 37.5 Å². The number of aromatic nitrogens is 2. The van der Waals surface area contributed by atoms with Gasteiger partial charge in [0.05, 0.1) is 12.2 Å². The molecule has 112 valence electrons. The molecule has 0 fully saturated rings. The highest BCUT2D eigenvalue weighted by Crippen LogP contribution is 2.23. The molecule has 2 N–H and O–H groups in total. The average molecular weight is 308 g/mol. The molecule has 0 aliphatic carbocycles. The maximum absolute atomic E-state index is 12.1. The molecular weight excluding hydrogens is 290 g/mol. The maximum Gasteiger partial charge on any atom is 0.261 e. The van der Waals surface area contributed by atoms with E-state index in [1.165, 1.54) is 0 Å². The van der Waals surface area contributed by atoms with Crippen LogP contribution in [0.15, 0.2) is 30.6 Å². The summed E-state index contributed by atoms with van der Waals surface area (Å²) in [7, 11) is 0. The highest BCUT2D eigenvalue weighted by Gasteiger charge is 2.18. The van der Waals surface area contributed by atoms with Gasteiger partial charge < -0.3 is 10.1 Å². The van der Waals surface area contributed by atoms with Gasteiger partial charge in [-0.15, -0.1) is 0 Å². The summed E-state index contributed by atoms with van der Waals surface area (Å²) >= 11 is 5.90. The van der Waals surface area contributed by atoms with Crippen LogP contribution in [0.4, 0.5) is 0 Å². The smallest absolute Gasteiger partial charge is 0.261 e. The Balaban J connectivity index is 1.96. The Labute approximate surface area is 128 Å². The van der Waals surface area contributed by atoms with Gasteiger partial charge in [-0.1, -0.05) is 11.6 Å². The van der Waals surface area contributed by atoms with E-state index < -0.39 is 6.10 Å². The van der Waals surface area contributed by atoms with Crippen molar-refractivity contribution in [3.8, 4) is 5.75 Å². The van der Waals surface area contributed by atoms with Crippen molar-refractivity contribution < 1.29 is 9.53 Å². The van der Waals surface area contributed by atoms with E-state index in [9.17, 15) is 4.79 Å². The number of aromatic amines is 1. The molecule has 0 radical (unpaired) electrons. The van der Waals surface area contributed by atoms with Gasteiger partial charge in [0, 0.05) is 16.8 Å². The van der Waals surface area contributed by atoms with E-state index in [1.807, 2.05) is 13.8 Å². The van der Waals surface area contributed by atoms with Crippen molar-refractivity contribution in [1.82, 2.24) is 15.5 Å². The number of H-pyrrole nitrogens is 1. The first kappa shape index (κ1) is 15.4. The van der Waals surface area contributed by atoms with Gasteiger partial charge in [0.15, 0.2) is 6.10 Å². The van der Waals surface area contributed by atoms with E-state index in [0.29, 0.717) is 10.8 Å². The lowest BCUT2D eigenvalue weighted by Crippen LogP contribution is -2.37. The molecule has 21 heavy (non-hydrogen) atoms. The summed E-state index contributed by atoms with van der Waals surface area (Å²) in [6, 6.07) is 5.17. The molecule has 0 saturated heterocycles. The molecule has 6 heteroatoms. The van der Waals surface area contributed by atoms with Crippen LogP contribution in [0.5, 0.6) is 5.75 Å². The monoisotopic (exact) mass is 307 g/mol. The number of benzene rings is 1. The van der Waals surface area contributed by atoms with Gasteiger partial charge in [-0.3, -0.25) is 9.89 Å². The molecule has 0 bridgehead atoms. The first-order valence-electron chi connectivity index (χ1n) is 6.69. The topological polar surface area (TPSA) is 67.0 Å². The second kappa shape index (κ2) is 6.63. The summed E-state index contributed by atoms with van der Waals surface area (Å²) in [5, 5.41) is 10.1. The van der Waals surface area contributed by atoms with Crippen LogP contribution in [0.1, 0.15) is 31.0 Å². The predicted octanol–water partition coefficient (Wildman–Crippen LogP) is 3.02. The van der Waals surface area contributed by atoms with Gasteiger partial charge in [0.2, 0.25) is 0 Å². The Morgan fingerprint density at radius 2 is 2.19 bits per heavy atom. The Morgan fingerprint density at radius 1 is 1.43 bits per heavy atom. The minimum atomic E-state index is -0.598. The summed E-state index contributed by atoms with van der Waals surface area (Å²) in [4.78, 5) is 12.1. The first-order chi connectivity index (χ1) is 9.97. The van der Waals surface area contributed by atoms with Crippen LogP contribution in [0, 0.1) is 6.92 Å². The van der Waals surface area contributed by atoms with Crippen molar-refractivity contribution in [2.45, 2.75) is 32.9 Å². The van der Waals surface area contributed by atoms with Crippen molar-refractivity contribution in [1.29, 1.82) is 0 Å². The third-order valence-corrected chi connectivity index (χ3v) is 3.42. The Kier molecular flexibility index (Phi) is 4.85. The fraction of sp³-hybridized carbons (Fsp3) is 0.333. The molecule has 0 saturated carbocycles. The number of nitrogens with one attached hydrogen (secondary N) is 2. The summed E-state index contributed by atoms with van der Waals surface area (Å²) in [5.41, 5.74) is 1.81. The zero-order valence-electron chi connectivity index (χ0n) is 12.2. The van der Waals surface area contributed by atoms with E-state index in [2.05, 4.69) is 15.5 Å². The molecule has 0 aliphatic rings. The Morgan fingerprint density at radius 3 is 2.81 bits per heavy atom. The molecular formula is C15H18ClN3O2. The zero-order valence-corrected chi connectivity index (χ0v) is 12.9. The number of halogens is 1. The summed E-state index contributed by atoms with van der Waals surface area (Å²) in [5.74, 6) is 0.469. The van der Waals surface area contributed by atoms with Gasteiger partial charge in [0.1, 0.15) is 5.75 Å². The van der Waals surface area contributed by atoms with Crippen molar-refractivity contribution >= 4 is 17.5 Å². The molecule has 1 amide bonds. The standard InChI is InChI=1S/C15H18ClN3O2/c1-9-6-13(16)4-5-14(9)21-11(3)15(20)19-10(2)12-7-17-18-8-12/h4-8,10-11H,1-3H3,(H,17,18)(H,19,20). The van der Waals surface area contributed by atoms with Crippen LogP contribution in [-0.2, 0) is 4.79 Å². The molecule has 0 aliphatic heterocycles. The van der Waals surface area contributed by atoms with Crippen molar-refractivity contribution in [2.24, 2.45) is 0 Å². The number of ether oxygens (including phenoxy) is 1. The molecule has 2 aromatic rings. The Hall–Kier alpha value is -2.01. The second-order valence-corrected chi connectivity index (χ2v) is 5.37. The number of carbonyl (C=O) groups is 1. The van der Waals surface area contributed by atoms with Crippen LogP contribution in [0.3, 0.4) is 0 Å². The molecule has 2 rings (SSSR count). The normalized spacial score (nSPS) is 13.5. The van der Waals surface area contributed by atoms with E-state index in [-0.39, 0.29) is 11.9 Å². The lowest BCUT2D eigenvalue weighted by molar-refractivity contribution is -0.127. The van der Waals surface area contributed by atoms with Gasteiger partial charge in [-0.25, -0.2) is 0 Å². The minimum absolute atomic E-state index is 0.131. The number of hydrogen-bond acceptors (Lipinski definition) is 3. The molecule has 1 heterocycles. The quantitative estimate of drug-likeness (QED) is 0.892. The zero-order chi connectivity index (χ0) is 15.4. The number of amides is 1. The van der Waals surface area contributed by atoms with E-state index >= 15 is 0 Å². The SMILES string of the molecule is Cc1cc(Cl)ccc1OC(C)C(=O)NC(C)c1cn[nH]c1. The first-order valence-corrected chi connectivity index (χ1v) is 7.07. The molecule has 1 aromatic heterocycles. The van der Waals surface area contributed by atoms with Crippen molar-refractivity contribution in [3.63, 3.8) is 0 Å². The lowest BCUT2D eigenvalue weighted by Gasteiger charge is -2.19. The average Bonchev–Trinajstić information content (AvgIpc) is 2.95. The van der Waals surface area contributed by atoms with Crippen LogP contribution in [0.25, 0.3) is 0 Å². The minimum Gasteiger partial charge on any atom is -0.481 e. The fourth-order valence-corrected chi connectivity index (χ4v) is 2.13. The molecule has 2 atom stereocenters. The third kappa shape index (κ3) is 3.98. The number of rotatable bonds is 5. The van der Waals surface area contributed by atoms with E-state index in [4.69, 9.17) is 16.3 Å². The largest absolute Gasteiger partial charge is 0.481 e. The summed E-state index contributed by atoms with van der Waals surface area (Å²) in [6.07, 6.45) is 2.83. The van der Waals surface area contributed by atoms with Gasteiger partial charge in [0.25, 0.3) is 5.91 Å². The van der Waals surface area contributed by atoms with Crippen LogP contribution >= 0.6 is 11.6 Å². The summed E-state index contributed by atoms with van der Waals surface area (Å²) < 4.78 is 5.69. The molecule has 5 nitrogen and oxygen atoms in total. The number of nitrogens with zero attached hydrogens (tertiary/aromatic N) is 1. The molecule has 0 spiro atoms. The van der Waals surface area contributed by atoms with Gasteiger partial charge in [-0.2, -0.15) is 5.10 Å². The van der Waals surface area contributed by atoms with Gasteiger partial charge >= 0.3 is 0 Å². The number of hydrogen-bond donors (Lipinski definition) is 2. The Bertz CT molecular complexity index is 613. The van der Waals surface area contributed by atoms with E-state index in [0.717, 1.165) is 11.1 Å². The fourth-order valence-electron chi connectivity index (χ4n) is 1.90. The lowest BCUT2D eigenvalue weighted by atomic mass is 10.2. The molecule has 2 unspecified atom stereocenters. The second-order valence-electron chi connectivity index (χ2n) is 4.93. The predicted molar refractivity (Wildman–Crippen MR) is 81.4 cm³/mol. The highest BCUT2D eigenvalue weighted by atomic mass is 35.5. The number of aryl methyl sites for hydroxylation is 1. The van der Waals surface area contributed by atoms with Crippen molar-refractivity contribution in [2.75, 3.05) is 0 Å². The van der Waals surface area contributed by atoms with Crippen LogP contribution in [0.2, 0.25) is 5.02 Å². The highest BCUT2D eigenvalue weighted by molar-refractivity contribution is 6.30. The molecule has 1 aromatic carbocycles. The maximum atomic E-state index is 12.1. The number of carbonyl (C=O) groups excluding carboxylic acids is 1. The van der Waals surface area contributed by atoms with Crippen molar-refractivity contribution in [3.05, 3.63) is 46.7 Å². The van der Waals surface area contributed by atoms with Crippen LogP contribution in [-0.4, -0.2) is 22.2 Å².